The van der Waals surface area contributed by atoms with Crippen molar-refractivity contribution in [2.24, 2.45) is 0 Å². The Morgan fingerprint density at radius 1 is 1.22 bits per heavy atom. The topological polar surface area (TPSA) is 75.6 Å². The molecule has 2 rings (SSSR count). The lowest BCUT2D eigenvalue weighted by Crippen LogP contribution is -2.20. The normalized spacial score (nSPS) is 10.2. The number of anilines is 1. The van der Waals surface area contributed by atoms with E-state index in [2.05, 4.69) is 21.2 Å². The summed E-state index contributed by atoms with van der Waals surface area (Å²) in [6, 6.07) is 11.7. The van der Waals surface area contributed by atoms with Crippen molar-refractivity contribution in [2.75, 3.05) is 11.9 Å². The molecule has 0 radical (unpaired) electrons. The van der Waals surface area contributed by atoms with Gasteiger partial charge in [0.25, 0.3) is 5.91 Å². The molecular formula is C17H16BrNO4. The monoisotopic (exact) mass is 377 g/mol. The molecule has 0 unspecified atom stereocenters. The molecule has 0 aliphatic heterocycles. The number of nitrogens with one attached hydrogen (secondary N) is 1. The van der Waals surface area contributed by atoms with Crippen LogP contribution >= 0.6 is 15.9 Å². The van der Waals surface area contributed by atoms with E-state index in [1.165, 1.54) is 12.1 Å². The molecule has 0 fully saturated rings. The number of hydrogen-bond donors (Lipinski definition) is 2. The van der Waals surface area contributed by atoms with Crippen LogP contribution in [0.2, 0.25) is 0 Å². The summed E-state index contributed by atoms with van der Waals surface area (Å²) in [4.78, 5) is 22.8. The molecule has 0 aliphatic rings. The van der Waals surface area contributed by atoms with Crippen molar-refractivity contribution in [2.45, 2.75) is 13.3 Å². The maximum atomic E-state index is 11.9. The SMILES string of the molecule is CCc1cc(Br)ccc1OCC(=O)Nc1cccc(C(=O)O)c1. The van der Waals surface area contributed by atoms with E-state index in [4.69, 9.17) is 9.84 Å². The Balaban J connectivity index is 1.98. The van der Waals surface area contributed by atoms with Gasteiger partial charge < -0.3 is 15.2 Å². The van der Waals surface area contributed by atoms with Gasteiger partial charge in [0, 0.05) is 10.2 Å². The van der Waals surface area contributed by atoms with E-state index in [9.17, 15) is 9.59 Å². The quantitative estimate of drug-likeness (QED) is 0.803. The number of halogens is 1. The Morgan fingerprint density at radius 2 is 2.00 bits per heavy atom. The molecule has 2 aromatic rings. The third kappa shape index (κ3) is 4.82. The minimum atomic E-state index is -1.04. The average molecular weight is 378 g/mol. The number of hydrogen-bond acceptors (Lipinski definition) is 3. The van der Waals surface area contributed by atoms with E-state index in [0.29, 0.717) is 11.4 Å². The van der Waals surface area contributed by atoms with Crippen LogP contribution in [0.4, 0.5) is 5.69 Å². The van der Waals surface area contributed by atoms with Crippen molar-refractivity contribution < 1.29 is 19.4 Å². The summed E-state index contributed by atoms with van der Waals surface area (Å²) in [5.74, 6) is -0.734. The van der Waals surface area contributed by atoms with Crippen molar-refractivity contribution in [1.82, 2.24) is 0 Å². The van der Waals surface area contributed by atoms with Gasteiger partial charge >= 0.3 is 5.97 Å². The van der Waals surface area contributed by atoms with Gasteiger partial charge in [0.1, 0.15) is 5.75 Å². The number of benzene rings is 2. The van der Waals surface area contributed by atoms with Gasteiger partial charge in [-0.2, -0.15) is 0 Å². The van der Waals surface area contributed by atoms with Gasteiger partial charge in [-0.15, -0.1) is 0 Å². The lowest BCUT2D eigenvalue weighted by atomic mass is 10.1. The maximum absolute atomic E-state index is 11.9. The third-order valence-electron chi connectivity index (χ3n) is 3.16. The number of aromatic carboxylic acids is 1. The molecular weight excluding hydrogens is 362 g/mol. The molecule has 6 heteroatoms. The van der Waals surface area contributed by atoms with Gasteiger partial charge in [-0.1, -0.05) is 28.9 Å². The first kappa shape index (κ1) is 17.0. The fourth-order valence-corrected chi connectivity index (χ4v) is 2.44. The van der Waals surface area contributed by atoms with Crippen LogP contribution in [0.5, 0.6) is 5.75 Å². The Labute approximate surface area is 142 Å². The van der Waals surface area contributed by atoms with E-state index < -0.39 is 5.97 Å². The van der Waals surface area contributed by atoms with Crippen LogP contribution in [0.25, 0.3) is 0 Å². The van der Waals surface area contributed by atoms with E-state index in [1.54, 1.807) is 18.2 Å². The Morgan fingerprint density at radius 3 is 2.70 bits per heavy atom. The summed E-state index contributed by atoms with van der Waals surface area (Å²) < 4.78 is 6.50. The van der Waals surface area contributed by atoms with Gasteiger partial charge in [-0.3, -0.25) is 4.79 Å². The Hall–Kier alpha value is -2.34. The fraction of sp³-hybridized carbons (Fsp3) is 0.176. The number of ether oxygens (including phenoxy) is 1. The minimum Gasteiger partial charge on any atom is -0.483 e. The number of aryl methyl sites for hydroxylation is 1. The molecule has 0 spiro atoms. The van der Waals surface area contributed by atoms with Crippen molar-refractivity contribution in [3.63, 3.8) is 0 Å². The summed E-state index contributed by atoms with van der Waals surface area (Å²) in [7, 11) is 0. The molecule has 5 nitrogen and oxygen atoms in total. The van der Waals surface area contributed by atoms with Crippen LogP contribution in [-0.4, -0.2) is 23.6 Å². The molecule has 120 valence electrons. The first-order valence-electron chi connectivity index (χ1n) is 7.04. The molecule has 0 aromatic heterocycles. The van der Waals surface area contributed by atoms with Crippen LogP contribution < -0.4 is 10.1 Å². The predicted molar refractivity (Wildman–Crippen MR) is 91.0 cm³/mol. The summed E-state index contributed by atoms with van der Waals surface area (Å²) in [6.45, 7) is 1.86. The van der Waals surface area contributed by atoms with Gasteiger partial charge in [0.2, 0.25) is 0 Å². The number of amides is 1. The highest BCUT2D eigenvalue weighted by atomic mass is 79.9. The van der Waals surface area contributed by atoms with Crippen LogP contribution in [0.15, 0.2) is 46.9 Å². The van der Waals surface area contributed by atoms with Crippen LogP contribution in [0, 0.1) is 0 Å². The standard InChI is InChI=1S/C17H16BrNO4/c1-2-11-8-13(18)6-7-15(11)23-10-16(20)19-14-5-3-4-12(9-14)17(21)22/h3-9H,2,10H2,1H3,(H,19,20)(H,21,22). The number of carboxylic acids is 1. The maximum Gasteiger partial charge on any atom is 0.335 e. The lowest BCUT2D eigenvalue weighted by molar-refractivity contribution is -0.118. The molecule has 2 N–H and O–H groups in total. The molecule has 0 atom stereocenters. The molecule has 0 aliphatic carbocycles. The van der Waals surface area contributed by atoms with Crippen molar-refractivity contribution in [1.29, 1.82) is 0 Å². The largest absolute Gasteiger partial charge is 0.483 e. The zero-order valence-corrected chi connectivity index (χ0v) is 14.1. The van der Waals surface area contributed by atoms with Crippen LogP contribution in [-0.2, 0) is 11.2 Å². The Kier molecular flexibility index (Phi) is 5.76. The van der Waals surface area contributed by atoms with Crippen molar-refractivity contribution in [3.05, 3.63) is 58.1 Å². The summed E-state index contributed by atoms with van der Waals surface area (Å²) in [5, 5.41) is 11.6. The molecule has 0 saturated heterocycles. The summed E-state index contributed by atoms with van der Waals surface area (Å²) in [6.07, 6.45) is 0.789. The molecule has 0 bridgehead atoms. The highest BCUT2D eigenvalue weighted by molar-refractivity contribution is 9.10. The summed E-state index contributed by atoms with van der Waals surface area (Å²) in [5.41, 5.74) is 1.54. The van der Waals surface area contributed by atoms with Crippen LogP contribution in [0.3, 0.4) is 0 Å². The number of rotatable bonds is 6. The van der Waals surface area contributed by atoms with E-state index in [1.807, 2.05) is 19.1 Å². The smallest absolute Gasteiger partial charge is 0.335 e. The number of carbonyl (C=O) groups excluding carboxylic acids is 1. The van der Waals surface area contributed by atoms with Gasteiger partial charge in [0.15, 0.2) is 6.61 Å². The van der Waals surface area contributed by atoms with Gasteiger partial charge in [-0.05, 0) is 48.4 Å². The van der Waals surface area contributed by atoms with Crippen molar-refractivity contribution in [3.8, 4) is 5.75 Å². The van der Waals surface area contributed by atoms with Gasteiger partial charge in [0.05, 0.1) is 5.56 Å². The van der Waals surface area contributed by atoms with E-state index >= 15 is 0 Å². The minimum absolute atomic E-state index is 0.116. The highest BCUT2D eigenvalue weighted by Gasteiger charge is 2.09. The fourth-order valence-electron chi connectivity index (χ4n) is 2.04. The summed E-state index contributed by atoms with van der Waals surface area (Å²) >= 11 is 3.40. The predicted octanol–water partition coefficient (Wildman–Crippen LogP) is 3.73. The second-order valence-electron chi connectivity index (χ2n) is 4.83. The average Bonchev–Trinajstić information content (AvgIpc) is 2.53. The number of carbonyl (C=O) groups is 2. The van der Waals surface area contributed by atoms with E-state index in [-0.39, 0.29) is 18.1 Å². The first-order valence-corrected chi connectivity index (χ1v) is 7.83. The zero-order valence-electron chi connectivity index (χ0n) is 12.5. The first-order chi connectivity index (χ1) is 11.0. The molecule has 0 heterocycles. The molecule has 23 heavy (non-hydrogen) atoms. The van der Waals surface area contributed by atoms with Crippen LogP contribution in [0.1, 0.15) is 22.8 Å². The molecule has 2 aromatic carbocycles. The zero-order chi connectivity index (χ0) is 16.8. The second-order valence-corrected chi connectivity index (χ2v) is 5.74. The highest BCUT2D eigenvalue weighted by Crippen LogP contribution is 2.23. The number of carboxylic acid groups (broad SMARTS) is 1. The molecule has 1 amide bonds. The Bertz CT molecular complexity index is 730. The third-order valence-corrected chi connectivity index (χ3v) is 3.65. The van der Waals surface area contributed by atoms with E-state index in [0.717, 1.165) is 16.5 Å². The lowest BCUT2D eigenvalue weighted by Gasteiger charge is -2.11. The molecule has 0 saturated carbocycles. The van der Waals surface area contributed by atoms with Gasteiger partial charge in [-0.25, -0.2) is 4.79 Å². The van der Waals surface area contributed by atoms with Crippen molar-refractivity contribution >= 4 is 33.5 Å². The second kappa shape index (κ2) is 7.78.